The molecule has 1 aromatic carbocycles. The molecule has 1 atom stereocenters. The standard InChI is InChI=1S/C20H32BrN3O2/c1-4-22-18(24-14-20(9-11-25)10-12-26-15-20)23-13-19(2,3)16-5-7-17(21)8-6-16/h5-8,25H,4,9-15H2,1-3H3,(H2,22,23,24). The van der Waals surface area contributed by atoms with E-state index in [9.17, 15) is 5.11 Å². The summed E-state index contributed by atoms with van der Waals surface area (Å²) in [5, 5.41) is 16.2. The Morgan fingerprint density at radius 3 is 2.62 bits per heavy atom. The van der Waals surface area contributed by atoms with Crippen LogP contribution in [-0.4, -0.2) is 50.5 Å². The molecule has 0 aliphatic carbocycles. The first-order valence-electron chi connectivity index (χ1n) is 9.38. The Bertz CT molecular complexity index is 581. The quantitative estimate of drug-likeness (QED) is 0.442. The van der Waals surface area contributed by atoms with Crippen LogP contribution in [0.1, 0.15) is 39.2 Å². The van der Waals surface area contributed by atoms with Gasteiger partial charge in [-0.1, -0.05) is 41.9 Å². The van der Waals surface area contributed by atoms with Crippen molar-refractivity contribution in [2.24, 2.45) is 10.4 Å². The molecule has 0 spiro atoms. The average molecular weight is 426 g/mol. The summed E-state index contributed by atoms with van der Waals surface area (Å²) in [6, 6.07) is 8.43. The maximum Gasteiger partial charge on any atom is 0.191 e. The van der Waals surface area contributed by atoms with Crippen molar-refractivity contribution in [2.45, 2.75) is 39.0 Å². The van der Waals surface area contributed by atoms with Crippen LogP contribution in [-0.2, 0) is 10.2 Å². The van der Waals surface area contributed by atoms with Crippen molar-refractivity contribution in [3.63, 3.8) is 0 Å². The van der Waals surface area contributed by atoms with Gasteiger partial charge in [0.15, 0.2) is 5.96 Å². The lowest BCUT2D eigenvalue weighted by atomic mass is 9.84. The number of hydrogen-bond donors (Lipinski definition) is 3. The van der Waals surface area contributed by atoms with E-state index in [2.05, 4.69) is 71.6 Å². The fourth-order valence-electron chi connectivity index (χ4n) is 3.19. The number of rotatable bonds is 8. The first-order chi connectivity index (χ1) is 12.4. The first-order valence-corrected chi connectivity index (χ1v) is 10.2. The Morgan fingerprint density at radius 2 is 2.04 bits per heavy atom. The predicted octanol–water partition coefficient (Wildman–Crippen LogP) is 3.07. The summed E-state index contributed by atoms with van der Waals surface area (Å²) in [6.45, 7) is 10.4. The molecular formula is C20H32BrN3O2. The van der Waals surface area contributed by atoms with Crippen LogP contribution in [0.15, 0.2) is 33.7 Å². The van der Waals surface area contributed by atoms with Crippen molar-refractivity contribution in [1.82, 2.24) is 10.6 Å². The Kier molecular flexibility index (Phi) is 7.92. The molecule has 1 aliphatic rings. The van der Waals surface area contributed by atoms with E-state index >= 15 is 0 Å². The molecule has 146 valence electrons. The normalized spacial score (nSPS) is 21.0. The van der Waals surface area contributed by atoms with Gasteiger partial charge < -0.3 is 20.5 Å². The molecule has 0 amide bonds. The average Bonchev–Trinajstić information content (AvgIpc) is 3.07. The number of nitrogens with zero attached hydrogens (tertiary/aromatic N) is 1. The van der Waals surface area contributed by atoms with Gasteiger partial charge >= 0.3 is 0 Å². The van der Waals surface area contributed by atoms with Crippen molar-refractivity contribution >= 4 is 21.9 Å². The molecule has 0 radical (unpaired) electrons. The van der Waals surface area contributed by atoms with E-state index < -0.39 is 0 Å². The molecule has 1 heterocycles. The molecule has 6 heteroatoms. The number of nitrogens with one attached hydrogen (secondary N) is 2. The molecule has 0 aromatic heterocycles. The molecule has 1 fully saturated rings. The highest BCUT2D eigenvalue weighted by molar-refractivity contribution is 9.10. The predicted molar refractivity (Wildman–Crippen MR) is 111 cm³/mol. The highest BCUT2D eigenvalue weighted by Crippen LogP contribution is 2.31. The van der Waals surface area contributed by atoms with Crippen LogP contribution in [0, 0.1) is 5.41 Å². The number of hydrogen-bond acceptors (Lipinski definition) is 3. The Hall–Kier alpha value is -1.11. The lowest BCUT2D eigenvalue weighted by molar-refractivity contribution is 0.127. The van der Waals surface area contributed by atoms with E-state index in [1.165, 1.54) is 5.56 Å². The van der Waals surface area contributed by atoms with Crippen LogP contribution >= 0.6 is 15.9 Å². The van der Waals surface area contributed by atoms with E-state index in [4.69, 9.17) is 9.73 Å². The van der Waals surface area contributed by atoms with Gasteiger partial charge in [-0.25, -0.2) is 0 Å². The van der Waals surface area contributed by atoms with E-state index in [-0.39, 0.29) is 17.4 Å². The number of aliphatic hydroxyl groups is 1. The second kappa shape index (κ2) is 9.72. The monoisotopic (exact) mass is 425 g/mol. The van der Waals surface area contributed by atoms with Crippen LogP contribution in [0.4, 0.5) is 0 Å². The number of aliphatic hydroxyl groups excluding tert-OH is 1. The van der Waals surface area contributed by atoms with Gasteiger partial charge in [-0.2, -0.15) is 0 Å². The molecule has 1 aliphatic heterocycles. The lowest BCUT2D eigenvalue weighted by Gasteiger charge is -2.28. The lowest BCUT2D eigenvalue weighted by Crippen LogP contribution is -2.45. The summed E-state index contributed by atoms with van der Waals surface area (Å²) in [5.74, 6) is 0.821. The number of aliphatic imine (C=N–C) groups is 1. The summed E-state index contributed by atoms with van der Waals surface area (Å²) in [6.07, 6.45) is 1.73. The molecule has 0 bridgehead atoms. The molecule has 26 heavy (non-hydrogen) atoms. The van der Waals surface area contributed by atoms with Crippen LogP contribution in [0.25, 0.3) is 0 Å². The topological polar surface area (TPSA) is 65.9 Å². The molecule has 3 N–H and O–H groups in total. The van der Waals surface area contributed by atoms with Gasteiger partial charge in [-0.15, -0.1) is 0 Å². The number of halogens is 1. The zero-order valence-electron chi connectivity index (χ0n) is 16.1. The minimum absolute atomic E-state index is 0.00612. The largest absolute Gasteiger partial charge is 0.396 e. The second-order valence-corrected chi connectivity index (χ2v) is 8.63. The van der Waals surface area contributed by atoms with Gasteiger partial charge in [0.1, 0.15) is 0 Å². The van der Waals surface area contributed by atoms with Crippen LogP contribution in [0.5, 0.6) is 0 Å². The van der Waals surface area contributed by atoms with Crippen molar-refractivity contribution in [3.8, 4) is 0 Å². The van der Waals surface area contributed by atoms with Crippen LogP contribution in [0.3, 0.4) is 0 Å². The van der Waals surface area contributed by atoms with Crippen molar-refractivity contribution in [2.75, 3.05) is 39.5 Å². The molecular weight excluding hydrogens is 394 g/mol. The minimum atomic E-state index is -0.0533. The van der Waals surface area contributed by atoms with Gasteiger partial charge in [-0.3, -0.25) is 4.99 Å². The van der Waals surface area contributed by atoms with Crippen molar-refractivity contribution in [3.05, 3.63) is 34.3 Å². The zero-order chi connectivity index (χ0) is 19.0. The number of guanidine groups is 1. The molecule has 5 nitrogen and oxygen atoms in total. The minimum Gasteiger partial charge on any atom is -0.396 e. The van der Waals surface area contributed by atoms with Gasteiger partial charge in [0.25, 0.3) is 0 Å². The van der Waals surface area contributed by atoms with Crippen LogP contribution < -0.4 is 10.6 Å². The Morgan fingerprint density at radius 1 is 1.31 bits per heavy atom. The van der Waals surface area contributed by atoms with Crippen molar-refractivity contribution in [1.29, 1.82) is 0 Å². The third kappa shape index (κ3) is 5.96. The van der Waals surface area contributed by atoms with Gasteiger partial charge in [0, 0.05) is 41.6 Å². The summed E-state index contributed by atoms with van der Waals surface area (Å²) in [4.78, 5) is 4.82. The molecule has 1 unspecified atom stereocenters. The molecule has 2 rings (SSSR count). The smallest absolute Gasteiger partial charge is 0.191 e. The Balaban J connectivity index is 2.02. The maximum atomic E-state index is 9.38. The van der Waals surface area contributed by atoms with Gasteiger partial charge in [0.05, 0.1) is 13.2 Å². The summed E-state index contributed by atoms with van der Waals surface area (Å²) in [5.41, 5.74) is 1.22. The van der Waals surface area contributed by atoms with E-state index in [0.29, 0.717) is 13.2 Å². The van der Waals surface area contributed by atoms with E-state index in [1.807, 2.05) is 0 Å². The first kappa shape index (κ1) is 21.2. The SMILES string of the molecule is CCNC(=NCC(C)(C)c1ccc(Br)cc1)NCC1(CCO)CCOC1. The highest BCUT2D eigenvalue weighted by atomic mass is 79.9. The van der Waals surface area contributed by atoms with E-state index in [0.717, 1.165) is 43.0 Å². The Labute approximate surface area is 165 Å². The number of benzene rings is 1. The summed E-state index contributed by atoms with van der Waals surface area (Å²) in [7, 11) is 0. The van der Waals surface area contributed by atoms with Gasteiger partial charge in [0.2, 0.25) is 0 Å². The highest BCUT2D eigenvalue weighted by Gasteiger charge is 2.34. The fourth-order valence-corrected chi connectivity index (χ4v) is 3.46. The third-order valence-corrected chi connectivity index (χ3v) is 5.59. The summed E-state index contributed by atoms with van der Waals surface area (Å²) < 4.78 is 6.66. The fraction of sp³-hybridized carbons (Fsp3) is 0.650. The van der Waals surface area contributed by atoms with Crippen LogP contribution in [0.2, 0.25) is 0 Å². The second-order valence-electron chi connectivity index (χ2n) is 7.72. The van der Waals surface area contributed by atoms with Crippen molar-refractivity contribution < 1.29 is 9.84 Å². The third-order valence-electron chi connectivity index (χ3n) is 5.06. The zero-order valence-corrected chi connectivity index (χ0v) is 17.7. The molecule has 0 saturated carbocycles. The summed E-state index contributed by atoms with van der Waals surface area (Å²) >= 11 is 3.49. The maximum absolute atomic E-state index is 9.38. The number of ether oxygens (including phenoxy) is 1. The van der Waals surface area contributed by atoms with Gasteiger partial charge in [-0.05, 0) is 37.5 Å². The van der Waals surface area contributed by atoms with E-state index in [1.54, 1.807) is 0 Å². The molecule has 1 aromatic rings. The molecule has 1 saturated heterocycles.